The summed E-state index contributed by atoms with van der Waals surface area (Å²) in [4.78, 5) is 0. The topological polar surface area (TPSA) is 25.2 Å². The molecular weight excluding hydrogens is 210 g/mol. The van der Waals surface area contributed by atoms with Crippen LogP contribution in [-0.4, -0.2) is 12.1 Å². The van der Waals surface area contributed by atoms with Crippen LogP contribution in [0.15, 0.2) is 22.8 Å². The van der Waals surface area contributed by atoms with Crippen molar-refractivity contribution in [2.75, 3.05) is 0 Å². The fourth-order valence-corrected chi connectivity index (χ4v) is 2.16. The van der Waals surface area contributed by atoms with Crippen LogP contribution in [0, 0.1) is 0 Å². The van der Waals surface area contributed by atoms with E-state index >= 15 is 0 Å². The highest BCUT2D eigenvalue weighted by Gasteiger charge is 2.10. The van der Waals surface area contributed by atoms with Crippen molar-refractivity contribution in [2.24, 2.45) is 0 Å². The zero-order valence-electron chi connectivity index (χ0n) is 11.5. The molecule has 0 fully saturated rings. The highest BCUT2D eigenvalue weighted by Crippen LogP contribution is 2.09. The van der Waals surface area contributed by atoms with Gasteiger partial charge in [0.05, 0.1) is 6.26 Å². The van der Waals surface area contributed by atoms with Crippen molar-refractivity contribution in [3.05, 3.63) is 24.2 Å². The molecule has 0 saturated carbocycles. The van der Waals surface area contributed by atoms with Crippen LogP contribution in [-0.2, 0) is 6.42 Å². The van der Waals surface area contributed by atoms with Crippen LogP contribution >= 0.6 is 0 Å². The van der Waals surface area contributed by atoms with Crippen molar-refractivity contribution in [1.29, 1.82) is 0 Å². The van der Waals surface area contributed by atoms with Crippen LogP contribution in [0.4, 0.5) is 0 Å². The molecule has 0 aliphatic heterocycles. The first-order valence-corrected chi connectivity index (χ1v) is 7.04. The Labute approximate surface area is 106 Å². The molecule has 2 heteroatoms. The molecule has 0 aromatic carbocycles. The first-order valence-electron chi connectivity index (χ1n) is 7.04. The summed E-state index contributed by atoms with van der Waals surface area (Å²) in [6.45, 7) is 6.80. The van der Waals surface area contributed by atoms with Crippen LogP contribution in [0.1, 0.15) is 58.6 Å². The molecule has 0 bridgehead atoms. The van der Waals surface area contributed by atoms with Crippen molar-refractivity contribution in [2.45, 2.75) is 71.4 Å². The van der Waals surface area contributed by atoms with Gasteiger partial charge in [0.2, 0.25) is 0 Å². The molecule has 1 N–H and O–H groups in total. The number of hydrogen-bond acceptors (Lipinski definition) is 2. The number of unbranched alkanes of at least 4 members (excludes halogenated alkanes) is 1. The molecule has 0 amide bonds. The minimum atomic E-state index is 0.571. The van der Waals surface area contributed by atoms with E-state index in [-0.39, 0.29) is 0 Å². The SMILES string of the molecule is CCCCC(CC)NC(C)CCc1ccco1. The van der Waals surface area contributed by atoms with E-state index < -0.39 is 0 Å². The molecule has 0 saturated heterocycles. The summed E-state index contributed by atoms with van der Waals surface area (Å²) < 4.78 is 5.35. The summed E-state index contributed by atoms with van der Waals surface area (Å²) in [6, 6.07) is 5.27. The normalized spacial score (nSPS) is 14.8. The maximum Gasteiger partial charge on any atom is 0.103 e. The summed E-state index contributed by atoms with van der Waals surface area (Å²) in [7, 11) is 0. The summed E-state index contributed by atoms with van der Waals surface area (Å²) >= 11 is 0. The lowest BCUT2D eigenvalue weighted by Crippen LogP contribution is -2.36. The Morgan fingerprint density at radius 3 is 2.71 bits per heavy atom. The third-order valence-electron chi connectivity index (χ3n) is 3.32. The van der Waals surface area contributed by atoms with E-state index in [4.69, 9.17) is 4.42 Å². The molecule has 2 atom stereocenters. The molecule has 0 aliphatic rings. The fraction of sp³-hybridized carbons (Fsp3) is 0.733. The van der Waals surface area contributed by atoms with Gasteiger partial charge in [-0.1, -0.05) is 26.7 Å². The summed E-state index contributed by atoms with van der Waals surface area (Å²) in [6.07, 6.45) is 9.09. The molecule has 17 heavy (non-hydrogen) atoms. The van der Waals surface area contributed by atoms with E-state index in [1.165, 1.54) is 25.7 Å². The summed E-state index contributed by atoms with van der Waals surface area (Å²) in [5.74, 6) is 1.10. The van der Waals surface area contributed by atoms with Gasteiger partial charge in [-0.15, -0.1) is 0 Å². The average Bonchev–Trinajstić information content (AvgIpc) is 2.85. The molecular formula is C15H27NO. The molecule has 1 heterocycles. The molecule has 1 rings (SSSR count). The van der Waals surface area contributed by atoms with Crippen molar-refractivity contribution in [3.63, 3.8) is 0 Å². The smallest absolute Gasteiger partial charge is 0.103 e. The fourth-order valence-electron chi connectivity index (χ4n) is 2.16. The van der Waals surface area contributed by atoms with Gasteiger partial charge in [0.1, 0.15) is 5.76 Å². The van der Waals surface area contributed by atoms with E-state index in [0.717, 1.165) is 18.6 Å². The zero-order valence-corrected chi connectivity index (χ0v) is 11.5. The molecule has 2 unspecified atom stereocenters. The number of rotatable bonds is 9. The van der Waals surface area contributed by atoms with Crippen molar-refractivity contribution >= 4 is 0 Å². The van der Waals surface area contributed by atoms with Gasteiger partial charge in [-0.25, -0.2) is 0 Å². The van der Waals surface area contributed by atoms with Gasteiger partial charge in [0.25, 0.3) is 0 Å². The van der Waals surface area contributed by atoms with Gasteiger partial charge in [-0.2, -0.15) is 0 Å². The molecule has 1 aromatic rings. The molecule has 0 aliphatic carbocycles. The Balaban J connectivity index is 2.20. The first kappa shape index (κ1) is 14.3. The third kappa shape index (κ3) is 5.92. The highest BCUT2D eigenvalue weighted by molar-refractivity contribution is 4.98. The quantitative estimate of drug-likeness (QED) is 0.697. The van der Waals surface area contributed by atoms with Crippen LogP contribution in [0.2, 0.25) is 0 Å². The number of furan rings is 1. The molecule has 0 radical (unpaired) electrons. The van der Waals surface area contributed by atoms with Crippen molar-refractivity contribution < 1.29 is 4.42 Å². The van der Waals surface area contributed by atoms with E-state index in [1.807, 2.05) is 6.07 Å². The maximum absolute atomic E-state index is 5.35. The second kappa shape index (κ2) is 8.35. The van der Waals surface area contributed by atoms with E-state index in [1.54, 1.807) is 6.26 Å². The lowest BCUT2D eigenvalue weighted by Gasteiger charge is -2.22. The number of aryl methyl sites for hydroxylation is 1. The van der Waals surface area contributed by atoms with Crippen LogP contribution < -0.4 is 5.32 Å². The molecule has 1 aromatic heterocycles. The van der Waals surface area contributed by atoms with Gasteiger partial charge >= 0.3 is 0 Å². The monoisotopic (exact) mass is 237 g/mol. The van der Waals surface area contributed by atoms with Crippen molar-refractivity contribution in [1.82, 2.24) is 5.32 Å². The van der Waals surface area contributed by atoms with E-state index in [9.17, 15) is 0 Å². The lowest BCUT2D eigenvalue weighted by molar-refractivity contribution is 0.382. The second-order valence-corrected chi connectivity index (χ2v) is 4.93. The number of nitrogens with one attached hydrogen (secondary N) is 1. The molecule has 98 valence electrons. The summed E-state index contributed by atoms with van der Waals surface area (Å²) in [5, 5.41) is 3.72. The highest BCUT2D eigenvalue weighted by atomic mass is 16.3. The molecule has 2 nitrogen and oxygen atoms in total. The van der Waals surface area contributed by atoms with Crippen molar-refractivity contribution in [3.8, 4) is 0 Å². The van der Waals surface area contributed by atoms with Gasteiger partial charge in [0.15, 0.2) is 0 Å². The van der Waals surface area contributed by atoms with Crippen LogP contribution in [0.25, 0.3) is 0 Å². The second-order valence-electron chi connectivity index (χ2n) is 4.93. The Kier molecular flexibility index (Phi) is 7.02. The largest absolute Gasteiger partial charge is 0.469 e. The Morgan fingerprint density at radius 2 is 2.12 bits per heavy atom. The van der Waals surface area contributed by atoms with Gasteiger partial charge in [-0.05, 0) is 38.3 Å². The predicted molar refractivity (Wildman–Crippen MR) is 73.2 cm³/mol. The summed E-state index contributed by atoms with van der Waals surface area (Å²) in [5.41, 5.74) is 0. The van der Waals surface area contributed by atoms with E-state index in [2.05, 4.69) is 32.2 Å². The standard InChI is InChI=1S/C15H27NO/c1-4-6-8-14(5-2)16-13(3)10-11-15-9-7-12-17-15/h7,9,12-14,16H,4-6,8,10-11H2,1-3H3. The third-order valence-corrected chi connectivity index (χ3v) is 3.32. The predicted octanol–water partition coefficient (Wildman–Crippen LogP) is 4.16. The Bertz CT molecular complexity index is 268. The Hall–Kier alpha value is -0.760. The van der Waals surface area contributed by atoms with Crippen LogP contribution in [0.3, 0.4) is 0 Å². The Morgan fingerprint density at radius 1 is 1.29 bits per heavy atom. The van der Waals surface area contributed by atoms with E-state index in [0.29, 0.717) is 12.1 Å². The lowest BCUT2D eigenvalue weighted by atomic mass is 10.0. The minimum Gasteiger partial charge on any atom is -0.469 e. The molecule has 0 spiro atoms. The first-order chi connectivity index (χ1) is 8.26. The van der Waals surface area contributed by atoms with Gasteiger partial charge in [0, 0.05) is 18.5 Å². The van der Waals surface area contributed by atoms with Gasteiger partial charge < -0.3 is 9.73 Å². The average molecular weight is 237 g/mol. The number of hydrogen-bond donors (Lipinski definition) is 1. The van der Waals surface area contributed by atoms with Gasteiger partial charge in [-0.3, -0.25) is 0 Å². The van der Waals surface area contributed by atoms with Crippen LogP contribution in [0.5, 0.6) is 0 Å². The maximum atomic E-state index is 5.35. The minimum absolute atomic E-state index is 0.571. The zero-order chi connectivity index (χ0) is 12.5.